The third kappa shape index (κ3) is 3.89. The molecule has 0 saturated carbocycles. The minimum atomic E-state index is -4.33. The normalized spacial score (nSPS) is 17.3. The molecule has 6 heteroatoms. The zero-order chi connectivity index (χ0) is 15.5. The molecule has 0 amide bonds. The maximum atomic E-state index is 13.2. The Labute approximate surface area is 123 Å². The molecule has 0 bridgehead atoms. The molecular formula is C15H21F3N2O. The highest BCUT2D eigenvalue weighted by Gasteiger charge is 2.34. The zero-order valence-corrected chi connectivity index (χ0v) is 12.3. The number of anilines is 1. The molecule has 1 aromatic rings. The lowest BCUT2D eigenvalue weighted by Gasteiger charge is -2.33. The summed E-state index contributed by atoms with van der Waals surface area (Å²) in [6, 6.07) is 4.60. The average molecular weight is 302 g/mol. The first-order chi connectivity index (χ1) is 9.95. The third-order valence-corrected chi connectivity index (χ3v) is 3.91. The largest absolute Gasteiger partial charge is 0.416 e. The second-order valence-corrected chi connectivity index (χ2v) is 5.29. The van der Waals surface area contributed by atoms with Crippen LogP contribution in [-0.4, -0.2) is 33.4 Å². The predicted octanol–water partition coefficient (Wildman–Crippen LogP) is 3.04. The number of benzene rings is 1. The van der Waals surface area contributed by atoms with Gasteiger partial charge in [0.2, 0.25) is 0 Å². The van der Waals surface area contributed by atoms with Crippen molar-refractivity contribution < 1.29 is 17.9 Å². The second-order valence-electron chi connectivity index (χ2n) is 5.29. The van der Waals surface area contributed by atoms with Gasteiger partial charge in [-0.05, 0) is 37.6 Å². The van der Waals surface area contributed by atoms with Crippen molar-refractivity contribution in [3.05, 3.63) is 29.3 Å². The molecular weight excluding hydrogens is 281 g/mol. The standard InChI is InChI=1S/C15H21F3N2O/c1-19-10-11-3-4-12(9-14(11)15(16,17)18)20-7-5-13(21-2)6-8-20/h3-4,9,13,19H,5-8,10H2,1-2H3. The fourth-order valence-electron chi connectivity index (χ4n) is 2.72. The molecule has 0 aliphatic carbocycles. The van der Waals surface area contributed by atoms with Crippen molar-refractivity contribution >= 4 is 5.69 Å². The van der Waals surface area contributed by atoms with E-state index in [9.17, 15) is 13.2 Å². The fourth-order valence-corrected chi connectivity index (χ4v) is 2.72. The molecule has 1 aromatic carbocycles. The first kappa shape index (κ1) is 16.1. The summed E-state index contributed by atoms with van der Waals surface area (Å²) in [5, 5.41) is 2.78. The quantitative estimate of drug-likeness (QED) is 0.925. The Bertz CT molecular complexity index is 468. The minimum absolute atomic E-state index is 0.209. The molecule has 1 aliphatic heterocycles. The van der Waals surface area contributed by atoms with Crippen molar-refractivity contribution in [2.75, 3.05) is 32.1 Å². The Morgan fingerprint density at radius 2 is 1.95 bits per heavy atom. The molecule has 0 spiro atoms. The molecule has 3 nitrogen and oxygen atoms in total. The second kappa shape index (κ2) is 6.66. The van der Waals surface area contributed by atoms with Crippen LogP contribution < -0.4 is 10.2 Å². The van der Waals surface area contributed by atoms with Crippen LogP contribution in [0.5, 0.6) is 0 Å². The molecule has 1 aliphatic rings. The van der Waals surface area contributed by atoms with Crippen LogP contribution in [0.4, 0.5) is 18.9 Å². The van der Waals surface area contributed by atoms with Crippen LogP contribution in [-0.2, 0) is 17.5 Å². The van der Waals surface area contributed by atoms with Gasteiger partial charge in [-0.15, -0.1) is 0 Å². The first-order valence-electron chi connectivity index (χ1n) is 7.08. The summed E-state index contributed by atoms with van der Waals surface area (Å²) in [5.41, 5.74) is 0.362. The average Bonchev–Trinajstić information content (AvgIpc) is 2.47. The number of rotatable bonds is 4. The topological polar surface area (TPSA) is 24.5 Å². The monoisotopic (exact) mass is 302 g/mol. The van der Waals surface area contributed by atoms with Crippen LogP contribution in [0, 0.1) is 0 Å². The van der Waals surface area contributed by atoms with Crippen molar-refractivity contribution in [3.63, 3.8) is 0 Å². The molecule has 0 radical (unpaired) electrons. The van der Waals surface area contributed by atoms with E-state index in [-0.39, 0.29) is 18.2 Å². The first-order valence-corrected chi connectivity index (χ1v) is 7.08. The number of halogens is 3. The molecule has 0 unspecified atom stereocenters. The maximum absolute atomic E-state index is 13.2. The molecule has 0 atom stereocenters. The SMILES string of the molecule is CNCc1ccc(N2CCC(OC)CC2)cc1C(F)(F)F. The molecule has 1 heterocycles. The van der Waals surface area contributed by atoms with Gasteiger partial charge in [-0.3, -0.25) is 0 Å². The van der Waals surface area contributed by atoms with Gasteiger partial charge in [-0.2, -0.15) is 13.2 Å². The molecule has 118 valence electrons. The predicted molar refractivity (Wildman–Crippen MR) is 76.5 cm³/mol. The Hall–Kier alpha value is -1.27. The summed E-state index contributed by atoms with van der Waals surface area (Å²) >= 11 is 0. The van der Waals surface area contributed by atoms with Crippen molar-refractivity contribution in [1.29, 1.82) is 0 Å². The van der Waals surface area contributed by atoms with Crippen LogP contribution >= 0.6 is 0 Å². The maximum Gasteiger partial charge on any atom is 0.416 e. The van der Waals surface area contributed by atoms with Crippen LogP contribution in [0.2, 0.25) is 0 Å². The van der Waals surface area contributed by atoms with E-state index in [0.29, 0.717) is 5.69 Å². The summed E-state index contributed by atoms with van der Waals surface area (Å²) < 4.78 is 44.8. The summed E-state index contributed by atoms with van der Waals surface area (Å²) in [5.74, 6) is 0. The number of ether oxygens (including phenoxy) is 1. The van der Waals surface area contributed by atoms with E-state index in [4.69, 9.17) is 4.74 Å². The van der Waals surface area contributed by atoms with Crippen molar-refractivity contribution in [2.24, 2.45) is 0 Å². The van der Waals surface area contributed by atoms with Gasteiger partial charge in [0.1, 0.15) is 0 Å². The van der Waals surface area contributed by atoms with Crippen molar-refractivity contribution in [1.82, 2.24) is 5.32 Å². The highest BCUT2D eigenvalue weighted by Crippen LogP contribution is 2.35. The highest BCUT2D eigenvalue weighted by molar-refractivity contribution is 5.52. The van der Waals surface area contributed by atoms with E-state index in [0.717, 1.165) is 25.9 Å². The lowest BCUT2D eigenvalue weighted by Crippen LogP contribution is -2.36. The zero-order valence-electron chi connectivity index (χ0n) is 12.3. The molecule has 1 N–H and O–H groups in total. The number of alkyl halides is 3. The third-order valence-electron chi connectivity index (χ3n) is 3.91. The minimum Gasteiger partial charge on any atom is -0.381 e. The van der Waals surface area contributed by atoms with E-state index < -0.39 is 11.7 Å². The Kier molecular flexibility index (Phi) is 5.11. The number of hydrogen-bond acceptors (Lipinski definition) is 3. The van der Waals surface area contributed by atoms with Crippen LogP contribution in [0.1, 0.15) is 24.0 Å². The number of methoxy groups -OCH3 is 1. The summed E-state index contributed by atoms with van der Waals surface area (Å²) in [6.45, 7) is 1.66. The van der Waals surface area contributed by atoms with Crippen LogP contribution in [0.25, 0.3) is 0 Å². The lowest BCUT2D eigenvalue weighted by atomic mass is 10.0. The van der Waals surface area contributed by atoms with Gasteiger partial charge in [0.05, 0.1) is 11.7 Å². The van der Waals surface area contributed by atoms with Gasteiger partial charge in [-0.1, -0.05) is 6.07 Å². The summed E-state index contributed by atoms with van der Waals surface area (Å²) in [4.78, 5) is 1.99. The van der Waals surface area contributed by atoms with E-state index in [2.05, 4.69) is 5.32 Å². The van der Waals surface area contributed by atoms with Crippen LogP contribution in [0.3, 0.4) is 0 Å². The van der Waals surface area contributed by atoms with E-state index >= 15 is 0 Å². The Balaban J connectivity index is 2.22. The van der Waals surface area contributed by atoms with Gasteiger partial charge in [0.25, 0.3) is 0 Å². The molecule has 1 saturated heterocycles. The summed E-state index contributed by atoms with van der Waals surface area (Å²) in [7, 11) is 3.32. The van der Waals surface area contributed by atoms with Gasteiger partial charge in [-0.25, -0.2) is 0 Å². The van der Waals surface area contributed by atoms with Gasteiger partial charge in [0, 0.05) is 32.4 Å². The summed E-state index contributed by atoms with van der Waals surface area (Å²) in [6.07, 6.45) is -2.42. The number of hydrogen-bond donors (Lipinski definition) is 1. The van der Waals surface area contributed by atoms with Gasteiger partial charge in [0.15, 0.2) is 0 Å². The highest BCUT2D eigenvalue weighted by atomic mass is 19.4. The number of nitrogens with one attached hydrogen (secondary N) is 1. The van der Waals surface area contributed by atoms with Gasteiger partial charge < -0.3 is 15.0 Å². The van der Waals surface area contributed by atoms with Gasteiger partial charge >= 0.3 is 6.18 Å². The smallest absolute Gasteiger partial charge is 0.381 e. The molecule has 21 heavy (non-hydrogen) atoms. The Morgan fingerprint density at radius 1 is 1.29 bits per heavy atom. The molecule has 1 fully saturated rings. The number of nitrogens with zero attached hydrogens (tertiary/aromatic N) is 1. The number of piperidine rings is 1. The lowest BCUT2D eigenvalue weighted by molar-refractivity contribution is -0.138. The molecule has 2 rings (SSSR count). The molecule has 0 aromatic heterocycles. The van der Waals surface area contributed by atoms with E-state index in [1.165, 1.54) is 6.07 Å². The Morgan fingerprint density at radius 3 is 2.48 bits per heavy atom. The van der Waals surface area contributed by atoms with Crippen molar-refractivity contribution in [3.8, 4) is 0 Å². The van der Waals surface area contributed by atoms with E-state index in [1.54, 1.807) is 26.3 Å². The van der Waals surface area contributed by atoms with Crippen LogP contribution in [0.15, 0.2) is 18.2 Å². The fraction of sp³-hybridized carbons (Fsp3) is 0.600. The van der Waals surface area contributed by atoms with E-state index in [1.807, 2.05) is 4.90 Å². The van der Waals surface area contributed by atoms with Crippen molar-refractivity contribution in [2.45, 2.75) is 31.7 Å².